The van der Waals surface area contributed by atoms with Crippen molar-refractivity contribution >= 4 is 27.2 Å². The predicted octanol–water partition coefficient (Wildman–Crippen LogP) is 4.48. The summed E-state index contributed by atoms with van der Waals surface area (Å²) in [6.45, 7) is 4.13. The summed E-state index contributed by atoms with van der Waals surface area (Å²) in [4.78, 5) is 4.46. The van der Waals surface area contributed by atoms with Crippen LogP contribution in [-0.4, -0.2) is 10.1 Å². The highest BCUT2D eigenvalue weighted by molar-refractivity contribution is 7.18. The summed E-state index contributed by atoms with van der Waals surface area (Å²) in [6, 6.07) is 13.7. The molecule has 2 N–H and O–H groups in total. The molecule has 4 heteroatoms. The van der Waals surface area contributed by atoms with Gasteiger partial charge >= 0.3 is 0 Å². The molecule has 0 saturated heterocycles. The molecule has 1 heterocycles. The number of benzene rings is 2. The summed E-state index contributed by atoms with van der Waals surface area (Å²) < 4.78 is 1.20. The highest BCUT2D eigenvalue weighted by atomic mass is 32.1. The van der Waals surface area contributed by atoms with Crippen LogP contribution in [0.25, 0.3) is 10.2 Å². The maximum Gasteiger partial charge on any atom is 0.115 e. The molecule has 0 aliphatic heterocycles. The summed E-state index contributed by atoms with van der Waals surface area (Å²) in [7, 11) is 0. The maximum atomic E-state index is 9.32. The number of aromatic nitrogens is 1. The van der Waals surface area contributed by atoms with Crippen molar-refractivity contribution in [1.29, 1.82) is 0 Å². The first-order valence-corrected chi connectivity index (χ1v) is 7.36. The molecule has 0 spiro atoms. The normalized spacial score (nSPS) is 12.5. The zero-order valence-electron chi connectivity index (χ0n) is 11.4. The van der Waals surface area contributed by atoms with Gasteiger partial charge in [-0.25, -0.2) is 4.98 Å². The van der Waals surface area contributed by atoms with Crippen LogP contribution < -0.4 is 5.32 Å². The molecular formula is C16H16N2OS. The average molecular weight is 284 g/mol. The quantitative estimate of drug-likeness (QED) is 0.745. The molecule has 3 aromatic rings. The van der Waals surface area contributed by atoms with Gasteiger partial charge in [0.2, 0.25) is 0 Å². The number of hydrogen-bond acceptors (Lipinski definition) is 4. The van der Waals surface area contributed by atoms with Gasteiger partial charge in [-0.1, -0.05) is 12.1 Å². The molecule has 0 radical (unpaired) electrons. The van der Waals surface area contributed by atoms with Crippen molar-refractivity contribution in [3.63, 3.8) is 0 Å². The molecular weight excluding hydrogens is 268 g/mol. The molecule has 102 valence electrons. The number of aromatic hydroxyl groups is 1. The van der Waals surface area contributed by atoms with Crippen molar-refractivity contribution < 1.29 is 5.11 Å². The van der Waals surface area contributed by atoms with Crippen LogP contribution in [-0.2, 0) is 0 Å². The van der Waals surface area contributed by atoms with E-state index in [9.17, 15) is 5.11 Å². The zero-order valence-corrected chi connectivity index (χ0v) is 12.2. The molecule has 20 heavy (non-hydrogen) atoms. The second kappa shape index (κ2) is 5.13. The average Bonchev–Trinajstić information content (AvgIpc) is 2.78. The van der Waals surface area contributed by atoms with Crippen molar-refractivity contribution in [2.45, 2.75) is 19.9 Å². The van der Waals surface area contributed by atoms with Crippen LogP contribution >= 0.6 is 11.3 Å². The minimum absolute atomic E-state index is 0.182. The molecule has 0 aliphatic rings. The van der Waals surface area contributed by atoms with E-state index in [4.69, 9.17) is 0 Å². The third-order valence-electron chi connectivity index (χ3n) is 3.27. The number of nitrogens with zero attached hydrogens (tertiary/aromatic N) is 1. The van der Waals surface area contributed by atoms with Crippen LogP contribution in [0, 0.1) is 6.92 Å². The Hall–Kier alpha value is -2.07. The Labute approximate surface area is 121 Å². The van der Waals surface area contributed by atoms with Gasteiger partial charge < -0.3 is 10.4 Å². The Bertz CT molecular complexity index is 734. The molecule has 1 aromatic heterocycles. The number of aryl methyl sites for hydroxylation is 1. The first kappa shape index (κ1) is 12.9. The maximum absolute atomic E-state index is 9.32. The number of fused-ring (bicyclic) bond motifs is 1. The van der Waals surface area contributed by atoms with Crippen molar-refractivity contribution in [1.82, 2.24) is 4.98 Å². The van der Waals surface area contributed by atoms with Gasteiger partial charge in [0.15, 0.2) is 0 Å². The van der Waals surface area contributed by atoms with E-state index in [0.29, 0.717) is 5.75 Å². The summed E-state index contributed by atoms with van der Waals surface area (Å²) in [5.74, 6) is 0.294. The largest absolute Gasteiger partial charge is 0.508 e. The van der Waals surface area contributed by atoms with Gasteiger partial charge in [-0.3, -0.25) is 0 Å². The Balaban J connectivity index is 1.82. The zero-order chi connectivity index (χ0) is 14.1. The van der Waals surface area contributed by atoms with Crippen LogP contribution in [0.4, 0.5) is 5.69 Å². The van der Waals surface area contributed by atoms with Gasteiger partial charge in [0.1, 0.15) is 5.75 Å². The van der Waals surface area contributed by atoms with Crippen molar-refractivity contribution in [2.24, 2.45) is 0 Å². The van der Waals surface area contributed by atoms with Crippen LogP contribution in [0.1, 0.15) is 23.5 Å². The van der Waals surface area contributed by atoms with Gasteiger partial charge in [0.05, 0.1) is 15.2 Å². The lowest BCUT2D eigenvalue weighted by molar-refractivity contribution is 0.475. The predicted molar refractivity (Wildman–Crippen MR) is 84.5 cm³/mol. The second-order valence-electron chi connectivity index (χ2n) is 4.87. The lowest BCUT2D eigenvalue weighted by Gasteiger charge is -2.15. The lowest BCUT2D eigenvalue weighted by Crippen LogP contribution is -2.06. The van der Waals surface area contributed by atoms with Gasteiger partial charge in [0.25, 0.3) is 0 Å². The molecule has 3 nitrogen and oxygen atoms in total. The van der Waals surface area contributed by atoms with Crippen LogP contribution in [0.5, 0.6) is 5.75 Å². The number of phenolic OH excluding ortho intramolecular Hbond substituents is 1. The summed E-state index contributed by atoms with van der Waals surface area (Å²) in [5.41, 5.74) is 3.28. The summed E-state index contributed by atoms with van der Waals surface area (Å²) >= 11 is 1.71. The fraction of sp³-hybridized carbons (Fsp3) is 0.188. The minimum Gasteiger partial charge on any atom is -0.508 e. The monoisotopic (exact) mass is 284 g/mol. The third-order valence-corrected chi connectivity index (χ3v) is 4.21. The van der Waals surface area contributed by atoms with Crippen molar-refractivity contribution in [3.8, 4) is 5.75 Å². The molecule has 0 aliphatic carbocycles. The first-order chi connectivity index (χ1) is 9.61. The fourth-order valence-corrected chi connectivity index (χ4v) is 3.09. The number of thiazole rings is 1. The van der Waals surface area contributed by atoms with E-state index in [1.165, 1.54) is 4.70 Å². The number of nitrogens with one attached hydrogen (secondary N) is 1. The van der Waals surface area contributed by atoms with Gasteiger partial charge in [-0.2, -0.15) is 0 Å². The molecule has 0 amide bonds. The summed E-state index contributed by atoms with van der Waals surface area (Å²) in [6.07, 6.45) is 0. The molecule has 0 fully saturated rings. The minimum atomic E-state index is 0.182. The van der Waals surface area contributed by atoms with Gasteiger partial charge in [-0.05, 0) is 49.7 Å². The number of hydrogen-bond donors (Lipinski definition) is 2. The molecule has 1 unspecified atom stereocenters. The van der Waals surface area contributed by atoms with E-state index >= 15 is 0 Å². The smallest absolute Gasteiger partial charge is 0.115 e. The number of rotatable bonds is 3. The SMILES string of the molecule is Cc1nc2ccc(NC(C)c3ccc(O)cc3)cc2s1. The molecule has 1 atom stereocenters. The van der Waals surface area contributed by atoms with Crippen molar-refractivity contribution in [3.05, 3.63) is 53.0 Å². The Kier molecular flexibility index (Phi) is 3.32. The lowest BCUT2D eigenvalue weighted by atomic mass is 10.1. The van der Waals surface area contributed by atoms with Gasteiger partial charge in [0, 0.05) is 11.7 Å². The van der Waals surface area contributed by atoms with Crippen LogP contribution in [0.3, 0.4) is 0 Å². The topological polar surface area (TPSA) is 45.2 Å². The van der Waals surface area contributed by atoms with E-state index < -0.39 is 0 Å². The van der Waals surface area contributed by atoms with E-state index in [2.05, 4.69) is 29.4 Å². The Morgan fingerprint density at radius 1 is 1.15 bits per heavy atom. The number of anilines is 1. The Morgan fingerprint density at radius 3 is 2.65 bits per heavy atom. The first-order valence-electron chi connectivity index (χ1n) is 6.54. The van der Waals surface area contributed by atoms with E-state index in [-0.39, 0.29) is 6.04 Å². The highest BCUT2D eigenvalue weighted by Crippen LogP contribution is 2.27. The van der Waals surface area contributed by atoms with Crippen LogP contribution in [0.15, 0.2) is 42.5 Å². The molecule has 0 saturated carbocycles. The van der Waals surface area contributed by atoms with Crippen LogP contribution in [0.2, 0.25) is 0 Å². The molecule has 3 rings (SSSR count). The second-order valence-corrected chi connectivity index (χ2v) is 6.11. The fourth-order valence-electron chi connectivity index (χ4n) is 2.23. The van der Waals surface area contributed by atoms with Gasteiger partial charge in [-0.15, -0.1) is 11.3 Å². The summed E-state index contributed by atoms with van der Waals surface area (Å²) in [5, 5.41) is 13.9. The van der Waals surface area contributed by atoms with Crippen molar-refractivity contribution in [2.75, 3.05) is 5.32 Å². The highest BCUT2D eigenvalue weighted by Gasteiger charge is 2.07. The van der Waals surface area contributed by atoms with E-state index in [1.54, 1.807) is 23.5 Å². The standard InChI is InChI=1S/C16H16N2OS/c1-10(12-3-6-14(19)7-4-12)17-13-5-8-15-16(9-13)20-11(2)18-15/h3-10,17,19H,1-2H3. The number of phenols is 1. The van der Waals surface area contributed by atoms with E-state index in [1.807, 2.05) is 25.1 Å². The van der Waals surface area contributed by atoms with E-state index in [0.717, 1.165) is 21.8 Å². The third kappa shape index (κ3) is 2.60. The molecule has 2 aromatic carbocycles. The Morgan fingerprint density at radius 2 is 1.90 bits per heavy atom. The molecule has 0 bridgehead atoms.